The zero-order valence-electron chi connectivity index (χ0n) is 12.8. The van der Waals surface area contributed by atoms with Gasteiger partial charge in [0.05, 0.1) is 7.11 Å². The van der Waals surface area contributed by atoms with Crippen molar-refractivity contribution < 1.29 is 13.2 Å². The molecular weight excluding hydrogens is 352 g/mol. The number of nitrogens with zero attached hydrogens (tertiary/aromatic N) is 4. The number of fused-ring (bicyclic) bond motifs is 1. The maximum absolute atomic E-state index is 12.0. The van der Waals surface area contributed by atoms with Crippen LogP contribution >= 0.6 is 11.9 Å². The van der Waals surface area contributed by atoms with E-state index in [1.54, 1.807) is 18.2 Å². The van der Waals surface area contributed by atoms with Gasteiger partial charge in [-0.15, -0.1) is 4.40 Å². The summed E-state index contributed by atoms with van der Waals surface area (Å²) in [6.45, 7) is 2.55. The SMILES string of the molecule is CCNc1nc(OC)nc(SNC2=NS(=O)(=O)c3ccccc32)n1. The second-order valence-corrected chi connectivity index (χ2v) is 6.92. The Bertz CT molecular complexity index is 900. The van der Waals surface area contributed by atoms with E-state index in [1.807, 2.05) is 6.92 Å². The second-order valence-electron chi connectivity index (χ2n) is 4.57. The molecule has 1 aliphatic heterocycles. The van der Waals surface area contributed by atoms with Crippen LogP contribution in [0, 0.1) is 0 Å². The fourth-order valence-corrected chi connectivity index (χ4v) is 3.82. The summed E-state index contributed by atoms with van der Waals surface area (Å²) in [5, 5.41) is 3.29. The number of ether oxygens (including phenoxy) is 1. The predicted molar refractivity (Wildman–Crippen MR) is 89.7 cm³/mol. The quantitative estimate of drug-likeness (QED) is 0.749. The van der Waals surface area contributed by atoms with Gasteiger partial charge < -0.3 is 14.8 Å². The number of rotatable bonds is 5. The molecule has 0 unspecified atom stereocenters. The van der Waals surface area contributed by atoms with Gasteiger partial charge in [0.2, 0.25) is 11.1 Å². The minimum atomic E-state index is -3.67. The molecule has 3 rings (SSSR count). The Morgan fingerprint density at radius 2 is 2.00 bits per heavy atom. The Balaban J connectivity index is 1.83. The van der Waals surface area contributed by atoms with Crippen molar-refractivity contribution in [3.63, 3.8) is 0 Å². The summed E-state index contributed by atoms with van der Waals surface area (Å²) in [4.78, 5) is 12.5. The third-order valence-electron chi connectivity index (χ3n) is 2.98. The van der Waals surface area contributed by atoms with Gasteiger partial charge >= 0.3 is 6.01 Å². The number of hydrogen-bond acceptors (Lipinski definition) is 9. The van der Waals surface area contributed by atoms with Crippen LogP contribution in [-0.2, 0) is 10.0 Å². The number of methoxy groups -OCH3 is 1. The van der Waals surface area contributed by atoms with Crippen LogP contribution in [0.15, 0.2) is 38.7 Å². The molecule has 1 aliphatic rings. The fourth-order valence-electron chi connectivity index (χ4n) is 1.99. The maximum atomic E-state index is 12.0. The number of sulfonamides is 1. The van der Waals surface area contributed by atoms with Gasteiger partial charge in [0.15, 0.2) is 5.84 Å². The largest absolute Gasteiger partial charge is 0.467 e. The summed E-state index contributed by atoms with van der Waals surface area (Å²) in [6, 6.07) is 6.76. The van der Waals surface area contributed by atoms with E-state index in [0.29, 0.717) is 23.2 Å². The molecular formula is C13H14N6O3S2. The molecule has 0 atom stereocenters. The van der Waals surface area contributed by atoms with E-state index >= 15 is 0 Å². The fraction of sp³-hybridized carbons (Fsp3) is 0.231. The Hall–Kier alpha value is -2.40. The summed E-state index contributed by atoms with van der Waals surface area (Å²) in [5.74, 6) is 0.606. The minimum Gasteiger partial charge on any atom is -0.467 e. The molecule has 2 N–H and O–H groups in total. The molecule has 11 heteroatoms. The number of benzene rings is 1. The zero-order chi connectivity index (χ0) is 17.2. The highest BCUT2D eigenvalue weighted by Crippen LogP contribution is 2.26. The van der Waals surface area contributed by atoms with Gasteiger partial charge in [-0.1, -0.05) is 12.1 Å². The van der Waals surface area contributed by atoms with Crippen molar-refractivity contribution in [2.24, 2.45) is 4.40 Å². The molecule has 24 heavy (non-hydrogen) atoms. The first kappa shape index (κ1) is 16.5. The molecule has 2 heterocycles. The smallest absolute Gasteiger partial charge is 0.322 e. The molecule has 0 bridgehead atoms. The van der Waals surface area contributed by atoms with Gasteiger partial charge in [-0.05, 0) is 19.1 Å². The number of nitrogens with one attached hydrogen (secondary N) is 2. The Labute approximate surface area is 143 Å². The highest BCUT2D eigenvalue weighted by Gasteiger charge is 2.28. The first-order valence-corrected chi connectivity index (χ1v) is 9.20. The monoisotopic (exact) mass is 366 g/mol. The lowest BCUT2D eigenvalue weighted by molar-refractivity contribution is 0.373. The molecule has 1 aromatic carbocycles. The molecule has 0 radical (unpaired) electrons. The van der Waals surface area contributed by atoms with Crippen LogP contribution in [0.3, 0.4) is 0 Å². The average molecular weight is 366 g/mol. The second kappa shape index (κ2) is 6.61. The van der Waals surface area contributed by atoms with E-state index < -0.39 is 10.0 Å². The summed E-state index contributed by atoms with van der Waals surface area (Å²) < 4.78 is 35.7. The molecule has 0 saturated heterocycles. The van der Waals surface area contributed by atoms with Gasteiger partial charge in [0.1, 0.15) is 4.90 Å². The van der Waals surface area contributed by atoms with Gasteiger partial charge in [-0.25, -0.2) is 0 Å². The summed E-state index contributed by atoms with van der Waals surface area (Å²) >= 11 is 1.02. The van der Waals surface area contributed by atoms with Crippen LogP contribution in [0.4, 0.5) is 5.95 Å². The van der Waals surface area contributed by atoms with E-state index in [2.05, 4.69) is 29.4 Å². The number of amidine groups is 1. The first-order valence-electron chi connectivity index (χ1n) is 6.94. The highest BCUT2D eigenvalue weighted by atomic mass is 32.2. The number of aromatic nitrogens is 3. The Morgan fingerprint density at radius 3 is 2.75 bits per heavy atom. The summed E-state index contributed by atoms with van der Waals surface area (Å²) in [6.07, 6.45) is 0. The van der Waals surface area contributed by atoms with E-state index in [-0.39, 0.29) is 16.7 Å². The standard InChI is InChI=1S/C13H14N6O3S2/c1-3-14-11-15-12(22-2)17-13(16-11)23-18-10-8-6-4-5-7-9(8)24(20,21)19-10/h4-7H,3H2,1-2H3,(H,18,19)(H,14,15,16,17). The third kappa shape index (κ3) is 3.26. The van der Waals surface area contributed by atoms with Gasteiger partial charge in [0, 0.05) is 24.1 Å². The molecule has 2 aromatic rings. The molecule has 0 aliphatic carbocycles. The minimum absolute atomic E-state index is 0.159. The van der Waals surface area contributed by atoms with Crippen molar-refractivity contribution in [3.05, 3.63) is 29.8 Å². The van der Waals surface area contributed by atoms with Crippen LogP contribution in [0.1, 0.15) is 12.5 Å². The van der Waals surface area contributed by atoms with Crippen LogP contribution in [0.25, 0.3) is 0 Å². The summed E-state index contributed by atoms with van der Waals surface area (Å²) in [7, 11) is -2.21. The average Bonchev–Trinajstić information content (AvgIpc) is 2.84. The van der Waals surface area contributed by atoms with Crippen molar-refractivity contribution in [2.75, 3.05) is 19.0 Å². The molecule has 9 nitrogen and oxygen atoms in total. The van der Waals surface area contributed by atoms with Crippen molar-refractivity contribution in [1.29, 1.82) is 0 Å². The topological polar surface area (TPSA) is 118 Å². The first-order chi connectivity index (χ1) is 11.5. The number of hydrogen-bond donors (Lipinski definition) is 2. The normalized spacial score (nSPS) is 14.7. The molecule has 1 aromatic heterocycles. The van der Waals surface area contributed by atoms with Crippen molar-refractivity contribution in [2.45, 2.75) is 17.0 Å². The van der Waals surface area contributed by atoms with E-state index in [0.717, 1.165) is 11.9 Å². The van der Waals surface area contributed by atoms with Crippen molar-refractivity contribution in [3.8, 4) is 6.01 Å². The van der Waals surface area contributed by atoms with E-state index in [1.165, 1.54) is 13.2 Å². The Morgan fingerprint density at radius 1 is 1.21 bits per heavy atom. The summed E-state index contributed by atoms with van der Waals surface area (Å²) in [5.41, 5.74) is 0.512. The van der Waals surface area contributed by atoms with Gasteiger partial charge in [-0.3, -0.25) is 0 Å². The van der Waals surface area contributed by atoms with Crippen molar-refractivity contribution >= 4 is 33.8 Å². The van der Waals surface area contributed by atoms with Crippen LogP contribution in [-0.4, -0.2) is 42.9 Å². The van der Waals surface area contributed by atoms with E-state index in [9.17, 15) is 8.42 Å². The van der Waals surface area contributed by atoms with Crippen molar-refractivity contribution in [1.82, 2.24) is 19.7 Å². The predicted octanol–water partition coefficient (Wildman–Crippen LogP) is 1.06. The van der Waals surface area contributed by atoms with Gasteiger partial charge in [0.25, 0.3) is 10.0 Å². The Kier molecular flexibility index (Phi) is 4.53. The van der Waals surface area contributed by atoms with Crippen LogP contribution in [0.5, 0.6) is 6.01 Å². The molecule has 0 fully saturated rings. The molecule has 0 amide bonds. The lowest BCUT2D eigenvalue weighted by Crippen LogP contribution is -2.16. The van der Waals surface area contributed by atoms with Gasteiger partial charge in [-0.2, -0.15) is 23.4 Å². The lowest BCUT2D eigenvalue weighted by atomic mass is 10.2. The van der Waals surface area contributed by atoms with E-state index in [4.69, 9.17) is 4.74 Å². The number of anilines is 1. The van der Waals surface area contributed by atoms with Crippen LogP contribution in [0.2, 0.25) is 0 Å². The highest BCUT2D eigenvalue weighted by molar-refractivity contribution is 7.98. The molecule has 0 saturated carbocycles. The molecule has 126 valence electrons. The zero-order valence-corrected chi connectivity index (χ0v) is 14.5. The lowest BCUT2D eigenvalue weighted by Gasteiger charge is -2.07. The maximum Gasteiger partial charge on any atom is 0.322 e. The molecule has 0 spiro atoms. The van der Waals surface area contributed by atoms with Crippen LogP contribution < -0.4 is 14.8 Å². The third-order valence-corrected chi connectivity index (χ3v) is 4.98.